The monoisotopic (exact) mass is 470 g/mol. The number of methoxy groups -OCH3 is 1. The maximum Gasteiger partial charge on any atom is 0.448 e. The molecule has 0 atom stereocenters. The predicted molar refractivity (Wildman–Crippen MR) is 117 cm³/mol. The van der Waals surface area contributed by atoms with E-state index in [1.165, 1.54) is 6.07 Å². The van der Waals surface area contributed by atoms with E-state index in [9.17, 15) is 22.4 Å². The molecule has 32 heavy (non-hydrogen) atoms. The van der Waals surface area contributed by atoms with Gasteiger partial charge in [-0.25, -0.2) is 13.7 Å². The number of allylic oxidation sites excluding steroid dienone is 1. The second kappa shape index (κ2) is 11.5. The molecule has 0 aromatic heterocycles. The fourth-order valence-corrected chi connectivity index (χ4v) is 3.79. The molecule has 0 aliphatic carbocycles. The van der Waals surface area contributed by atoms with Crippen molar-refractivity contribution in [2.45, 2.75) is 24.2 Å². The van der Waals surface area contributed by atoms with Crippen LogP contribution in [0.4, 0.5) is 23.2 Å². The molecule has 0 saturated heterocycles. The van der Waals surface area contributed by atoms with Gasteiger partial charge in [-0.1, -0.05) is 12.1 Å². The van der Waals surface area contributed by atoms with Gasteiger partial charge in [0.2, 0.25) is 5.84 Å². The largest absolute Gasteiger partial charge is 0.496 e. The summed E-state index contributed by atoms with van der Waals surface area (Å²) in [5.74, 6) is -0.766. The fourth-order valence-electron chi connectivity index (χ4n) is 2.69. The van der Waals surface area contributed by atoms with Gasteiger partial charge in [-0.3, -0.25) is 4.79 Å². The van der Waals surface area contributed by atoms with Gasteiger partial charge in [0.15, 0.2) is 0 Å². The van der Waals surface area contributed by atoms with Gasteiger partial charge >= 0.3 is 6.18 Å². The summed E-state index contributed by atoms with van der Waals surface area (Å²) in [6.07, 6.45) is -2.85. The van der Waals surface area contributed by atoms with Crippen LogP contribution in [0.1, 0.15) is 11.1 Å². The Bertz CT molecular complexity index is 996. The highest BCUT2D eigenvalue weighted by Crippen LogP contribution is 2.38. The van der Waals surface area contributed by atoms with E-state index in [0.717, 1.165) is 40.1 Å². The van der Waals surface area contributed by atoms with Crippen molar-refractivity contribution in [3.8, 4) is 5.75 Å². The van der Waals surface area contributed by atoms with Crippen LogP contribution < -0.4 is 15.8 Å². The third kappa shape index (κ3) is 6.99. The molecule has 0 unspecified atom stereocenters. The van der Waals surface area contributed by atoms with E-state index >= 15 is 0 Å². The number of nitrogens with one attached hydrogen (secondary N) is 1. The normalized spacial score (nSPS) is 14.0. The molecule has 11 heteroatoms. The van der Waals surface area contributed by atoms with Crippen molar-refractivity contribution in [2.75, 3.05) is 19.5 Å². The molecule has 3 N–H and O–H groups in total. The molecule has 0 saturated carbocycles. The van der Waals surface area contributed by atoms with Crippen molar-refractivity contribution in [1.29, 1.82) is 0 Å². The minimum Gasteiger partial charge on any atom is -0.496 e. The smallest absolute Gasteiger partial charge is 0.448 e. The molecule has 0 radical (unpaired) electrons. The topological polar surface area (TPSA) is 79.9 Å². The SMILES string of the molecule is CNc1ccc(OC)c(SN2Cc3cccc(F)c3C2)c1.NC(=N/C=C/C=O)C(F)(F)F. The molecule has 0 spiro atoms. The summed E-state index contributed by atoms with van der Waals surface area (Å²) in [4.78, 5) is 13.3. The Labute approximate surface area is 187 Å². The summed E-state index contributed by atoms with van der Waals surface area (Å²) in [5.41, 5.74) is 7.34. The van der Waals surface area contributed by atoms with Crippen molar-refractivity contribution < 1.29 is 27.1 Å². The highest BCUT2D eigenvalue weighted by Gasteiger charge is 2.33. The second-order valence-electron chi connectivity index (χ2n) is 6.37. The number of fused-ring (bicyclic) bond motifs is 1. The molecule has 0 fully saturated rings. The van der Waals surface area contributed by atoms with Crippen molar-refractivity contribution in [1.82, 2.24) is 4.31 Å². The highest BCUT2D eigenvalue weighted by molar-refractivity contribution is 7.97. The Morgan fingerprint density at radius 3 is 2.62 bits per heavy atom. The van der Waals surface area contributed by atoms with E-state index in [1.807, 2.05) is 31.3 Å². The van der Waals surface area contributed by atoms with Gasteiger partial charge < -0.3 is 15.8 Å². The van der Waals surface area contributed by atoms with Crippen molar-refractivity contribution in [2.24, 2.45) is 10.7 Å². The Kier molecular flexibility index (Phi) is 9.09. The lowest BCUT2D eigenvalue weighted by Crippen LogP contribution is -2.30. The minimum absolute atomic E-state index is 0.119. The van der Waals surface area contributed by atoms with E-state index in [4.69, 9.17) is 4.74 Å². The molecule has 1 aliphatic rings. The first-order chi connectivity index (χ1) is 15.2. The number of ether oxygens (including phenoxy) is 1. The highest BCUT2D eigenvalue weighted by atomic mass is 32.2. The number of carbonyl (C=O) groups excluding carboxylic acids is 1. The summed E-state index contributed by atoms with van der Waals surface area (Å²) >= 11 is 1.60. The van der Waals surface area contributed by atoms with Gasteiger partial charge in [0.05, 0.1) is 12.0 Å². The van der Waals surface area contributed by atoms with Gasteiger partial charge in [0.1, 0.15) is 17.9 Å². The van der Waals surface area contributed by atoms with Crippen LogP contribution >= 0.6 is 11.9 Å². The summed E-state index contributed by atoms with van der Waals surface area (Å²) in [7, 11) is 3.55. The Balaban J connectivity index is 0.000000282. The van der Waals surface area contributed by atoms with Crippen LogP contribution in [0.3, 0.4) is 0 Å². The second-order valence-corrected chi connectivity index (χ2v) is 7.51. The van der Waals surface area contributed by atoms with Gasteiger partial charge in [0, 0.05) is 37.6 Å². The zero-order valence-electron chi connectivity index (χ0n) is 17.3. The number of rotatable bonds is 6. The first-order valence-corrected chi connectivity index (χ1v) is 10.0. The molecule has 0 bridgehead atoms. The zero-order valence-corrected chi connectivity index (χ0v) is 18.1. The fraction of sp³-hybridized carbons (Fsp3) is 0.238. The van der Waals surface area contributed by atoms with Crippen LogP contribution in [-0.4, -0.2) is 36.8 Å². The number of aliphatic imine (C=N–C) groups is 1. The number of benzene rings is 2. The van der Waals surface area contributed by atoms with E-state index < -0.39 is 12.0 Å². The van der Waals surface area contributed by atoms with E-state index in [2.05, 4.69) is 20.3 Å². The lowest BCUT2D eigenvalue weighted by molar-refractivity contribution is -0.104. The maximum absolute atomic E-state index is 13.8. The predicted octanol–water partition coefficient (Wildman–Crippen LogP) is 4.52. The summed E-state index contributed by atoms with van der Waals surface area (Å²) < 4.78 is 55.8. The van der Waals surface area contributed by atoms with Crippen molar-refractivity contribution in [3.05, 3.63) is 65.6 Å². The Hall–Kier alpha value is -3.05. The number of aldehydes is 1. The molecule has 1 aliphatic heterocycles. The number of hydrogen-bond acceptors (Lipinski definition) is 6. The number of amidine groups is 1. The van der Waals surface area contributed by atoms with Crippen LogP contribution in [0.2, 0.25) is 0 Å². The standard InChI is InChI=1S/C16H17FN2OS.C5H5F3N2O/c1-18-12-6-7-15(20-2)16(8-12)21-19-9-11-4-3-5-14(17)13(11)10-19;6-5(7,8)4(9)10-2-1-3-11/h3-8,18H,9-10H2,1-2H3;1-3H,(H2,9,10)/b;2-1+. The third-order valence-electron chi connectivity index (χ3n) is 4.25. The number of nitrogens with zero attached hydrogens (tertiary/aromatic N) is 2. The van der Waals surface area contributed by atoms with E-state index in [-0.39, 0.29) is 5.82 Å². The lowest BCUT2D eigenvalue weighted by atomic mass is 10.1. The molecule has 0 amide bonds. The Morgan fingerprint density at radius 1 is 1.28 bits per heavy atom. The summed E-state index contributed by atoms with van der Waals surface area (Å²) in [6, 6.07) is 11.2. The molecule has 3 rings (SSSR count). The summed E-state index contributed by atoms with van der Waals surface area (Å²) in [6.45, 7) is 1.35. The number of carbonyl (C=O) groups is 1. The first-order valence-electron chi connectivity index (χ1n) is 9.25. The van der Waals surface area contributed by atoms with Crippen LogP contribution in [0.25, 0.3) is 0 Å². The van der Waals surface area contributed by atoms with E-state index in [1.54, 1.807) is 25.1 Å². The van der Waals surface area contributed by atoms with Crippen LogP contribution in [0, 0.1) is 5.82 Å². The molecule has 172 valence electrons. The average Bonchev–Trinajstić information content (AvgIpc) is 3.17. The quantitative estimate of drug-likeness (QED) is 0.161. The van der Waals surface area contributed by atoms with Crippen molar-refractivity contribution in [3.63, 3.8) is 0 Å². The zero-order chi connectivity index (χ0) is 23.7. The number of hydrogen-bond donors (Lipinski definition) is 2. The number of nitrogens with two attached hydrogens (primary N) is 1. The molecule has 6 nitrogen and oxygen atoms in total. The third-order valence-corrected chi connectivity index (χ3v) is 5.28. The average molecular weight is 470 g/mol. The van der Waals surface area contributed by atoms with E-state index in [0.29, 0.717) is 19.0 Å². The van der Waals surface area contributed by atoms with Gasteiger partial charge in [-0.2, -0.15) is 13.2 Å². The maximum atomic E-state index is 13.8. The number of halogens is 4. The molecular weight excluding hydrogens is 448 g/mol. The van der Waals surface area contributed by atoms with Gasteiger partial charge in [-0.05, 0) is 47.9 Å². The molecule has 1 heterocycles. The summed E-state index contributed by atoms with van der Waals surface area (Å²) in [5, 5.41) is 3.12. The van der Waals surface area contributed by atoms with Gasteiger partial charge in [0.25, 0.3) is 0 Å². The Morgan fingerprint density at radius 2 is 2.03 bits per heavy atom. The molecule has 2 aromatic carbocycles. The van der Waals surface area contributed by atoms with Crippen molar-refractivity contribution >= 4 is 29.8 Å². The number of alkyl halides is 3. The van der Waals surface area contributed by atoms with Gasteiger partial charge in [-0.15, -0.1) is 0 Å². The minimum atomic E-state index is -4.63. The van der Waals surface area contributed by atoms with Crippen LogP contribution in [0.15, 0.2) is 58.6 Å². The van der Waals surface area contributed by atoms with Crippen LogP contribution in [-0.2, 0) is 17.9 Å². The molecular formula is C21H22F4N4O2S. The number of anilines is 1. The van der Waals surface area contributed by atoms with Crippen LogP contribution in [0.5, 0.6) is 5.75 Å². The molecule has 2 aromatic rings. The first kappa shape index (κ1) is 25.2. The lowest BCUT2D eigenvalue weighted by Gasteiger charge is -2.16.